The monoisotopic (exact) mass is 472 g/mol. The molecule has 0 saturated heterocycles. The number of hydrogen-bond donors (Lipinski definition) is 1. The Balaban J connectivity index is 1.22. The minimum atomic E-state index is -1.08. The molecule has 1 N–H and O–H groups in total. The van der Waals surface area contributed by atoms with Crippen LogP contribution < -0.4 is 19.7 Å². The first kappa shape index (κ1) is 22.1. The van der Waals surface area contributed by atoms with E-state index in [2.05, 4.69) is 5.32 Å². The highest BCUT2D eigenvalue weighted by atomic mass is 16.6. The van der Waals surface area contributed by atoms with Gasteiger partial charge >= 0.3 is 5.97 Å². The van der Waals surface area contributed by atoms with E-state index in [1.165, 1.54) is 31.2 Å². The topological polar surface area (TPSA) is 111 Å². The Bertz CT molecular complexity index is 1320. The second-order valence-electron chi connectivity index (χ2n) is 7.93. The van der Waals surface area contributed by atoms with Crippen LogP contribution in [0.5, 0.6) is 11.5 Å². The van der Waals surface area contributed by atoms with E-state index in [0.717, 1.165) is 4.90 Å². The van der Waals surface area contributed by atoms with Crippen LogP contribution in [0.1, 0.15) is 38.0 Å². The highest BCUT2D eigenvalue weighted by Crippen LogP contribution is 2.33. The first-order valence-corrected chi connectivity index (χ1v) is 10.9. The van der Waals surface area contributed by atoms with E-state index in [-0.39, 0.29) is 5.56 Å². The molecule has 0 aromatic heterocycles. The third-order valence-electron chi connectivity index (χ3n) is 5.62. The second kappa shape index (κ2) is 8.94. The molecule has 9 nitrogen and oxygen atoms in total. The lowest BCUT2D eigenvalue weighted by atomic mass is 10.1. The zero-order valence-electron chi connectivity index (χ0n) is 18.6. The molecule has 1 atom stereocenters. The molecule has 0 saturated carbocycles. The SMILES string of the molecule is C[C@@H](OC(=O)c1ccc(N2C(=O)c3ccccc3C2=O)cc1)C(=O)Nc1ccc2c(c1)OCCO2. The van der Waals surface area contributed by atoms with Gasteiger partial charge in [-0.15, -0.1) is 0 Å². The van der Waals surface area contributed by atoms with Gasteiger partial charge in [0.15, 0.2) is 17.6 Å². The summed E-state index contributed by atoms with van der Waals surface area (Å²) in [6.07, 6.45) is -1.08. The first-order valence-electron chi connectivity index (χ1n) is 10.9. The lowest BCUT2D eigenvalue weighted by Gasteiger charge is -2.19. The highest BCUT2D eigenvalue weighted by molar-refractivity contribution is 6.34. The van der Waals surface area contributed by atoms with Gasteiger partial charge in [-0.1, -0.05) is 12.1 Å². The number of hydrogen-bond acceptors (Lipinski definition) is 7. The number of rotatable bonds is 5. The summed E-state index contributed by atoms with van der Waals surface area (Å²) in [6.45, 7) is 2.34. The molecule has 0 aliphatic carbocycles. The van der Waals surface area contributed by atoms with E-state index in [1.54, 1.807) is 42.5 Å². The van der Waals surface area contributed by atoms with Crippen LogP contribution in [-0.2, 0) is 9.53 Å². The lowest BCUT2D eigenvalue weighted by molar-refractivity contribution is -0.123. The number of imide groups is 1. The average molecular weight is 472 g/mol. The predicted octanol–water partition coefficient (Wildman–Crippen LogP) is 3.44. The average Bonchev–Trinajstić information content (AvgIpc) is 3.14. The van der Waals surface area contributed by atoms with Crippen LogP contribution in [0.15, 0.2) is 66.7 Å². The number of nitrogens with one attached hydrogen (secondary N) is 1. The van der Waals surface area contributed by atoms with Crippen molar-refractivity contribution in [3.63, 3.8) is 0 Å². The van der Waals surface area contributed by atoms with Gasteiger partial charge in [0.25, 0.3) is 17.7 Å². The van der Waals surface area contributed by atoms with Gasteiger partial charge in [-0.3, -0.25) is 14.4 Å². The third kappa shape index (κ3) is 4.19. The van der Waals surface area contributed by atoms with Crippen molar-refractivity contribution in [2.75, 3.05) is 23.4 Å². The van der Waals surface area contributed by atoms with Gasteiger partial charge in [0.1, 0.15) is 13.2 Å². The van der Waals surface area contributed by atoms with Crippen molar-refractivity contribution < 1.29 is 33.4 Å². The molecule has 3 aromatic carbocycles. The zero-order chi connectivity index (χ0) is 24.5. The molecule has 35 heavy (non-hydrogen) atoms. The summed E-state index contributed by atoms with van der Waals surface area (Å²) in [5, 5.41) is 2.68. The number of ether oxygens (including phenoxy) is 3. The highest BCUT2D eigenvalue weighted by Gasteiger charge is 2.36. The van der Waals surface area contributed by atoms with E-state index in [9.17, 15) is 19.2 Å². The summed E-state index contributed by atoms with van der Waals surface area (Å²) in [5.74, 6) is -0.965. The smallest absolute Gasteiger partial charge is 0.338 e. The Hall–Kier alpha value is -4.66. The number of carbonyl (C=O) groups excluding carboxylic acids is 4. The standard InChI is InChI=1S/C26H20N2O7/c1-15(23(29)27-17-8-11-21-22(14-17)34-13-12-33-21)35-26(32)16-6-9-18(10-7-16)28-24(30)19-4-2-3-5-20(19)25(28)31/h2-11,14-15H,12-13H2,1H3,(H,27,29)/t15-/m1/s1. The molecule has 176 valence electrons. The van der Waals surface area contributed by atoms with E-state index >= 15 is 0 Å². The summed E-state index contributed by atoms with van der Waals surface area (Å²) in [5.41, 5.74) is 1.65. The van der Waals surface area contributed by atoms with Crippen LogP contribution in [0.4, 0.5) is 11.4 Å². The lowest BCUT2D eigenvalue weighted by Crippen LogP contribution is -2.30. The van der Waals surface area contributed by atoms with Crippen molar-refractivity contribution in [2.24, 2.45) is 0 Å². The molecule has 0 bridgehead atoms. The largest absolute Gasteiger partial charge is 0.486 e. The molecule has 5 rings (SSSR count). The van der Waals surface area contributed by atoms with E-state index in [4.69, 9.17) is 14.2 Å². The molecule has 9 heteroatoms. The minimum absolute atomic E-state index is 0.171. The molecule has 0 spiro atoms. The molecular formula is C26H20N2O7. The fourth-order valence-corrected chi connectivity index (χ4v) is 3.82. The molecule has 0 radical (unpaired) electrons. The Morgan fingerprint density at radius 3 is 2.17 bits per heavy atom. The van der Waals surface area contributed by atoms with Crippen molar-refractivity contribution in [2.45, 2.75) is 13.0 Å². The van der Waals surface area contributed by atoms with Crippen LogP contribution >= 0.6 is 0 Å². The van der Waals surface area contributed by atoms with Gasteiger partial charge < -0.3 is 19.5 Å². The Morgan fingerprint density at radius 1 is 0.886 bits per heavy atom. The normalized spacial score (nSPS) is 14.8. The first-order chi connectivity index (χ1) is 16.9. The van der Waals surface area contributed by atoms with E-state index < -0.39 is 29.8 Å². The van der Waals surface area contributed by atoms with Crippen LogP contribution in [0.25, 0.3) is 0 Å². The number of anilines is 2. The second-order valence-corrected chi connectivity index (χ2v) is 7.93. The maximum Gasteiger partial charge on any atom is 0.338 e. The third-order valence-corrected chi connectivity index (χ3v) is 5.62. The van der Waals surface area contributed by atoms with Crippen molar-refractivity contribution in [3.05, 3.63) is 83.4 Å². The van der Waals surface area contributed by atoms with Crippen LogP contribution in [0.3, 0.4) is 0 Å². The van der Waals surface area contributed by atoms with Gasteiger partial charge in [-0.25, -0.2) is 9.69 Å². The maximum absolute atomic E-state index is 12.6. The van der Waals surface area contributed by atoms with Gasteiger partial charge in [0.05, 0.1) is 22.4 Å². The summed E-state index contributed by atoms with van der Waals surface area (Å²) < 4.78 is 16.2. The van der Waals surface area contributed by atoms with Crippen LogP contribution in [0, 0.1) is 0 Å². The fourth-order valence-electron chi connectivity index (χ4n) is 3.82. The van der Waals surface area contributed by atoms with Crippen LogP contribution in [0.2, 0.25) is 0 Å². The number of nitrogens with zero attached hydrogens (tertiary/aromatic N) is 1. The fraction of sp³-hybridized carbons (Fsp3) is 0.154. The molecule has 2 aliphatic heterocycles. The minimum Gasteiger partial charge on any atom is -0.486 e. The molecule has 3 aromatic rings. The van der Waals surface area contributed by atoms with Crippen molar-refractivity contribution in [3.8, 4) is 11.5 Å². The summed E-state index contributed by atoms with van der Waals surface area (Å²) in [4.78, 5) is 51.4. The summed E-state index contributed by atoms with van der Waals surface area (Å²) >= 11 is 0. The molecule has 0 unspecified atom stereocenters. The maximum atomic E-state index is 12.6. The predicted molar refractivity (Wildman–Crippen MR) is 125 cm³/mol. The van der Waals surface area contributed by atoms with E-state index in [1.807, 2.05) is 0 Å². The van der Waals surface area contributed by atoms with Crippen molar-refractivity contribution in [1.82, 2.24) is 0 Å². The zero-order valence-corrected chi connectivity index (χ0v) is 18.6. The van der Waals surface area contributed by atoms with Gasteiger partial charge in [0.2, 0.25) is 0 Å². The quantitative estimate of drug-likeness (QED) is 0.447. The Morgan fingerprint density at radius 2 is 1.51 bits per heavy atom. The van der Waals surface area contributed by atoms with E-state index in [0.29, 0.717) is 47.2 Å². The van der Waals surface area contributed by atoms with Gasteiger partial charge in [0, 0.05) is 11.8 Å². The van der Waals surface area contributed by atoms with Crippen LogP contribution in [-0.4, -0.2) is 43.0 Å². The summed E-state index contributed by atoms with van der Waals surface area (Å²) in [7, 11) is 0. The molecule has 0 fully saturated rings. The number of amides is 3. The Kier molecular flexibility index (Phi) is 5.66. The summed E-state index contributed by atoms with van der Waals surface area (Å²) in [6, 6.07) is 17.4. The molecule has 3 amide bonds. The van der Waals surface area contributed by atoms with Gasteiger partial charge in [-0.05, 0) is 55.5 Å². The number of carbonyl (C=O) groups is 4. The Labute approximate surface area is 200 Å². The van der Waals surface area contributed by atoms with Gasteiger partial charge in [-0.2, -0.15) is 0 Å². The number of benzene rings is 3. The number of esters is 1. The van der Waals surface area contributed by atoms with Crippen molar-refractivity contribution >= 4 is 35.1 Å². The number of fused-ring (bicyclic) bond motifs is 2. The van der Waals surface area contributed by atoms with Crippen molar-refractivity contribution in [1.29, 1.82) is 0 Å². The molecule has 2 aliphatic rings. The molecular weight excluding hydrogens is 452 g/mol. The molecule has 2 heterocycles.